The summed E-state index contributed by atoms with van der Waals surface area (Å²) in [7, 11) is 0. The molecular weight excluding hydrogens is 232 g/mol. The van der Waals surface area contributed by atoms with Crippen molar-refractivity contribution in [3.63, 3.8) is 0 Å². The molecule has 1 heterocycles. The predicted molar refractivity (Wildman–Crippen MR) is 66.2 cm³/mol. The van der Waals surface area contributed by atoms with Crippen LogP contribution in [0.5, 0.6) is 0 Å². The lowest BCUT2D eigenvalue weighted by molar-refractivity contribution is -0.116. The van der Waals surface area contributed by atoms with Gasteiger partial charge >= 0.3 is 0 Å². The molecule has 1 aromatic carbocycles. The van der Waals surface area contributed by atoms with Crippen LogP contribution in [0.4, 0.5) is 5.69 Å². The second kappa shape index (κ2) is 5.37. The van der Waals surface area contributed by atoms with E-state index in [0.717, 1.165) is 5.69 Å². The van der Waals surface area contributed by atoms with Gasteiger partial charge in [-0.05, 0) is 35.5 Å². The molecule has 3 N–H and O–H groups in total. The Labute approximate surface area is 104 Å². The van der Waals surface area contributed by atoms with E-state index in [1.807, 2.05) is 12.1 Å². The zero-order valence-electron chi connectivity index (χ0n) is 10.00. The van der Waals surface area contributed by atoms with E-state index in [1.165, 1.54) is 0 Å². The number of carbonyl (C=O) groups excluding carboxylic acids is 1. The summed E-state index contributed by atoms with van der Waals surface area (Å²) in [5.74, 6) is 0.573. The highest BCUT2D eigenvalue weighted by Gasteiger charge is 2.05. The number of carbonyl (C=O) groups is 1. The van der Waals surface area contributed by atoms with Crippen molar-refractivity contribution in [2.45, 2.75) is 13.3 Å². The summed E-state index contributed by atoms with van der Waals surface area (Å²) in [6, 6.07) is 7.30. The maximum absolute atomic E-state index is 11.4. The lowest BCUT2D eigenvalue weighted by Crippen LogP contribution is -2.16. The highest BCUT2D eigenvalue weighted by Crippen LogP contribution is 2.14. The molecule has 1 amide bonds. The quantitative estimate of drug-likeness (QED) is 0.806. The van der Waals surface area contributed by atoms with Gasteiger partial charge < -0.3 is 11.1 Å². The standard InChI is InChI=1S/C11H14N6O/c1-8-14-15-16-17(8)10-4-2-3-9(7-10)13-11(18)5-6-12/h2-4,7H,5-6,12H2,1H3,(H,13,18). The van der Waals surface area contributed by atoms with Crippen molar-refractivity contribution in [3.05, 3.63) is 30.1 Å². The third-order valence-electron chi connectivity index (χ3n) is 2.37. The van der Waals surface area contributed by atoms with E-state index < -0.39 is 0 Å². The molecule has 7 nitrogen and oxygen atoms in total. The normalized spacial score (nSPS) is 10.3. The van der Waals surface area contributed by atoms with Crippen LogP contribution in [-0.4, -0.2) is 32.7 Å². The molecule has 0 aliphatic heterocycles. The van der Waals surface area contributed by atoms with Crippen LogP contribution in [0.15, 0.2) is 24.3 Å². The fourth-order valence-corrected chi connectivity index (χ4v) is 1.54. The van der Waals surface area contributed by atoms with Gasteiger partial charge in [0.15, 0.2) is 5.82 Å². The Morgan fingerprint density at radius 3 is 3.00 bits per heavy atom. The summed E-state index contributed by atoms with van der Waals surface area (Å²) in [4.78, 5) is 11.4. The first-order valence-electron chi connectivity index (χ1n) is 5.56. The number of hydrogen-bond acceptors (Lipinski definition) is 5. The SMILES string of the molecule is Cc1nnnn1-c1cccc(NC(=O)CCN)c1. The van der Waals surface area contributed by atoms with E-state index in [-0.39, 0.29) is 5.91 Å². The summed E-state index contributed by atoms with van der Waals surface area (Å²) < 4.78 is 1.60. The predicted octanol–water partition coefficient (Wildman–Crippen LogP) is 0.258. The summed E-state index contributed by atoms with van der Waals surface area (Å²) in [5.41, 5.74) is 6.81. The van der Waals surface area contributed by atoms with Gasteiger partial charge in [0, 0.05) is 18.7 Å². The summed E-state index contributed by atoms with van der Waals surface area (Å²) in [5, 5.41) is 14.0. The number of amides is 1. The van der Waals surface area contributed by atoms with Crippen LogP contribution in [0.1, 0.15) is 12.2 Å². The first kappa shape index (κ1) is 12.2. The van der Waals surface area contributed by atoms with Gasteiger partial charge in [-0.1, -0.05) is 6.07 Å². The number of benzene rings is 1. The van der Waals surface area contributed by atoms with Gasteiger partial charge in [-0.3, -0.25) is 4.79 Å². The molecule has 2 rings (SSSR count). The van der Waals surface area contributed by atoms with Gasteiger partial charge in [0.05, 0.1) is 5.69 Å². The molecule has 0 bridgehead atoms. The zero-order valence-corrected chi connectivity index (χ0v) is 10.00. The van der Waals surface area contributed by atoms with Crippen LogP contribution in [-0.2, 0) is 4.79 Å². The van der Waals surface area contributed by atoms with E-state index in [2.05, 4.69) is 20.8 Å². The Bertz CT molecular complexity index is 550. The van der Waals surface area contributed by atoms with Crippen LogP contribution in [0.25, 0.3) is 5.69 Å². The number of nitrogens with one attached hydrogen (secondary N) is 1. The Morgan fingerprint density at radius 1 is 1.50 bits per heavy atom. The zero-order chi connectivity index (χ0) is 13.0. The molecule has 94 valence electrons. The number of aromatic nitrogens is 4. The van der Waals surface area contributed by atoms with Crippen molar-refractivity contribution in [3.8, 4) is 5.69 Å². The van der Waals surface area contributed by atoms with E-state index in [0.29, 0.717) is 24.5 Å². The number of tetrazole rings is 1. The maximum atomic E-state index is 11.4. The number of nitrogens with two attached hydrogens (primary N) is 1. The summed E-state index contributed by atoms with van der Waals surface area (Å²) in [6.07, 6.45) is 0.300. The van der Waals surface area contributed by atoms with Crippen LogP contribution in [0.2, 0.25) is 0 Å². The Kier molecular flexibility index (Phi) is 3.63. The number of rotatable bonds is 4. The summed E-state index contributed by atoms with van der Waals surface area (Å²) >= 11 is 0. The van der Waals surface area contributed by atoms with E-state index >= 15 is 0 Å². The number of anilines is 1. The lowest BCUT2D eigenvalue weighted by atomic mass is 10.2. The third kappa shape index (κ3) is 2.69. The molecule has 0 unspecified atom stereocenters. The highest BCUT2D eigenvalue weighted by molar-refractivity contribution is 5.91. The molecule has 18 heavy (non-hydrogen) atoms. The highest BCUT2D eigenvalue weighted by atomic mass is 16.1. The summed E-state index contributed by atoms with van der Waals surface area (Å²) in [6.45, 7) is 2.14. The first-order valence-corrected chi connectivity index (χ1v) is 5.56. The van der Waals surface area contributed by atoms with Gasteiger partial charge in [0.1, 0.15) is 0 Å². The van der Waals surface area contributed by atoms with Gasteiger partial charge in [-0.15, -0.1) is 5.10 Å². The van der Waals surface area contributed by atoms with Crippen molar-refractivity contribution < 1.29 is 4.79 Å². The van der Waals surface area contributed by atoms with Crippen molar-refractivity contribution in [1.82, 2.24) is 20.2 Å². The first-order chi connectivity index (χ1) is 8.70. The minimum atomic E-state index is -0.108. The molecule has 2 aromatic rings. The van der Waals surface area contributed by atoms with E-state index in [4.69, 9.17) is 5.73 Å². The Hall–Kier alpha value is -2.28. The minimum absolute atomic E-state index is 0.108. The van der Waals surface area contributed by atoms with E-state index in [1.54, 1.807) is 23.7 Å². The monoisotopic (exact) mass is 246 g/mol. The number of hydrogen-bond donors (Lipinski definition) is 2. The van der Waals surface area contributed by atoms with Gasteiger partial charge in [0.2, 0.25) is 5.91 Å². The van der Waals surface area contributed by atoms with E-state index in [9.17, 15) is 4.79 Å². The minimum Gasteiger partial charge on any atom is -0.330 e. The van der Waals surface area contributed by atoms with Crippen molar-refractivity contribution in [2.24, 2.45) is 5.73 Å². The average Bonchev–Trinajstić information content (AvgIpc) is 2.76. The smallest absolute Gasteiger partial charge is 0.225 e. The Balaban J connectivity index is 2.20. The molecule has 0 spiro atoms. The number of aryl methyl sites for hydroxylation is 1. The largest absolute Gasteiger partial charge is 0.330 e. The molecule has 0 aliphatic carbocycles. The molecule has 1 aromatic heterocycles. The molecule has 0 radical (unpaired) electrons. The fraction of sp³-hybridized carbons (Fsp3) is 0.273. The van der Waals surface area contributed by atoms with Crippen LogP contribution in [0.3, 0.4) is 0 Å². The average molecular weight is 246 g/mol. The topological polar surface area (TPSA) is 98.7 Å². The third-order valence-corrected chi connectivity index (χ3v) is 2.37. The maximum Gasteiger partial charge on any atom is 0.225 e. The molecule has 7 heteroatoms. The van der Waals surface area contributed by atoms with Crippen LogP contribution in [0, 0.1) is 6.92 Å². The van der Waals surface area contributed by atoms with Gasteiger partial charge in [-0.2, -0.15) is 4.68 Å². The molecule has 0 aliphatic rings. The van der Waals surface area contributed by atoms with Gasteiger partial charge in [-0.25, -0.2) is 0 Å². The second-order valence-corrected chi connectivity index (χ2v) is 3.78. The van der Waals surface area contributed by atoms with Crippen molar-refractivity contribution >= 4 is 11.6 Å². The molecule has 0 saturated carbocycles. The second-order valence-electron chi connectivity index (χ2n) is 3.78. The fourth-order valence-electron chi connectivity index (χ4n) is 1.54. The molecule has 0 fully saturated rings. The van der Waals surface area contributed by atoms with Gasteiger partial charge in [0.25, 0.3) is 0 Å². The molecule has 0 saturated heterocycles. The van der Waals surface area contributed by atoms with Crippen molar-refractivity contribution in [2.75, 3.05) is 11.9 Å². The Morgan fingerprint density at radius 2 is 2.33 bits per heavy atom. The lowest BCUT2D eigenvalue weighted by Gasteiger charge is -2.07. The molecule has 0 atom stereocenters. The van der Waals surface area contributed by atoms with Crippen molar-refractivity contribution in [1.29, 1.82) is 0 Å². The molecular formula is C11H14N6O. The number of nitrogens with zero attached hydrogens (tertiary/aromatic N) is 4. The van der Waals surface area contributed by atoms with Crippen LogP contribution < -0.4 is 11.1 Å². The van der Waals surface area contributed by atoms with Crippen LogP contribution >= 0.6 is 0 Å².